The minimum Gasteiger partial charge on any atom is -0.478 e. The molecule has 0 atom stereocenters. The van der Waals surface area contributed by atoms with E-state index in [0.717, 1.165) is 40.7 Å². The third kappa shape index (κ3) is 5.55. The Hall–Kier alpha value is -3.85. The van der Waals surface area contributed by atoms with Gasteiger partial charge in [0.2, 0.25) is 0 Å². The van der Waals surface area contributed by atoms with Crippen LogP contribution in [0.4, 0.5) is 5.82 Å². The first kappa shape index (κ1) is 23.3. The van der Waals surface area contributed by atoms with E-state index in [-0.39, 0.29) is 11.1 Å². The van der Waals surface area contributed by atoms with Crippen molar-refractivity contribution in [3.05, 3.63) is 92.1 Å². The molecule has 4 rings (SSSR count). The number of carbonyl (C=O) groups is 1. The number of hydrogen-bond acceptors (Lipinski definition) is 7. The minimum absolute atomic E-state index is 0.181. The summed E-state index contributed by atoms with van der Waals surface area (Å²) in [5, 5.41) is 15.4. The van der Waals surface area contributed by atoms with E-state index in [1.165, 1.54) is 10.5 Å². The lowest BCUT2D eigenvalue weighted by atomic mass is 10.1. The predicted octanol–water partition coefficient (Wildman–Crippen LogP) is 4.16. The molecule has 0 aromatic carbocycles. The largest absolute Gasteiger partial charge is 0.478 e. The molecule has 4 aromatic heterocycles. The quantitative estimate of drug-likeness (QED) is 0.350. The molecule has 9 heteroatoms. The highest BCUT2D eigenvalue weighted by Crippen LogP contribution is 2.20. The summed E-state index contributed by atoms with van der Waals surface area (Å²) in [6.07, 6.45) is 8.88. The number of carboxylic acid groups (broad SMARTS) is 1. The van der Waals surface area contributed by atoms with Crippen molar-refractivity contribution in [1.29, 1.82) is 0 Å². The van der Waals surface area contributed by atoms with Gasteiger partial charge in [0.15, 0.2) is 0 Å². The molecule has 0 amide bonds. The number of pyridine rings is 2. The molecular formula is C25H25N5O3S. The fourth-order valence-corrected chi connectivity index (χ4v) is 4.39. The Morgan fingerprint density at radius 3 is 2.79 bits per heavy atom. The van der Waals surface area contributed by atoms with Crippen LogP contribution in [0.3, 0.4) is 0 Å². The van der Waals surface area contributed by atoms with Crippen molar-refractivity contribution in [2.75, 3.05) is 5.32 Å². The molecule has 0 saturated carbocycles. The van der Waals surface area contributed by atoms with Crippen molar-refractivity contribution in [2.24, 2.45) is 0 Å². The number of nitrogens with one attached hydrogen (secondary N) is 1. The zero-order valence-corrected chi connectivity index (χ0v) is 19.7. The lowest BCUT2D eigenvalue weighted by Gasteiger charge is -2.11. The van der Waals surface area contributed by atoms with Gasteiger partial charge in [0, 0.05) is 43.0 Å². The summed E-state index contributed by atoms with van der Waals surface area (Å²) in [7, 11) is 0. The number of rotatable bonds is 9. The highest BCUT2D eigenvalue weighted by molar-refractivity contribution is 7.09. The van der Waals surface area contributed by atoms with Crippen molar-refractivity contribution < 1.29 is 9.90 Å². The molecule has 0 aliphatic rings. The number of thiazole rings is 1. The monoisotopic (exact) mass is 475 g/mol. The van der Waals surface area contributed by atoms with Gasteiger partial charge in [-0.25, -0.2) is 14.8 Å². The van der Waals surface area contributed by atoms with Gasteiger partial charge < -0.3 is 10.4 Å². The van der Waals surface area contributed by atoms with Crippen LogP contribution in [0.1, 0.15) is 47.2 Å². The highest BCUT2D eigenvalue weighted by atomic mass is 32.1. The number of aromatic nitrogens is 4. The van der Waals surface area contributed by atoms with Crippen molar-refractivity contribution >= 4 is 34.8 Å². The second-order valence-corrected chi connectivity index (χ2v) is 9.09. The van der Waals surface area contributed by atoms with Gasteiger partial charge in [-0.05, 0) is 47.7 Å². The third-order valence-electron chi connectivity index (χ3n) is 5.29. The van der Waals surface area contributed by atoms with Crippen molar-refractivity contribution in [3.8, 4) is 0 Å². The molecule has 4 aromatic rings. The zero-order chi connectivity index (χ0) is 24.1. The van der Waals surface area contributed by atoms with Crippen LogP contribution in [0.25, 0.3) is 11.7 Å². The van der Waals surface area contributed by atoms with Crippen LogP contribution in [0, 0.1) is 0 Å². The Bertz CT molecular complexity index is 1390. The molecule has 174 valence electrons. The molecule has 0 spiro atoms. The Morgan fingerprint density at radius 1 is 1.24 bits per heavy atom. The smallest absolute Gasteiger partial charge is 0.328 e. The Balaban J connectivity index is 1.64. The molecule has 0 fully saturated rings. The van der Waals surface area contributed by atoms with Crippen LogP contribution >= 0.6 is 11.3 Å². The predicted molar refractivity (Wildman–Crippen MR) is 133 cm³/mol. The number of fused-ring (bicyclic) bond motifs is 1. The van der Waals surface area contributed by atoms with Crippen molar-refractivity contribution in [3.63, 3.8) is 0 Å². The molecule has 0 saturated heterocycles. The van der Waals surface area contributed by atoms with Gasteiger partial charge in [-0.1, -0.05) is 19.9 Å². The third-order valence-corrected chi connectivity index (χ3v) is 6.22. The molecule has 0 bridgehead atoms. The van der Waals surface area contributed by atoms with Gasteiger partial charge in [-0.2, -0.15) is 0 Å². The number of nitrogens with zero attached hydrogens (tertiary/aromatic N) is 4. The lowest BCUT2D eigenvalue weighted by Crippen LogP contribution is -2.21. The van der Waals surface area contributed by atoms with Crippen LogP contribution < -0.4 is 10.9 Å². The van der Waals surface area contributed by atoms with E-state index in [1.54, 1.807) is 29.9 Å². The fourth-order valence-electron chi connectivity index (χ4n) is 3.43. The number of anilines is 1. The van der Waals surface area contributed by atoms with Gasteiger partial charge in [-0.15, -0.1) is 11.3 Å². The molecule has 0 unspecified atom stereocenters. The molecule has 0 aliphatic carbocycles. The minimum atomic E-state index is -1.14. The maximum atomic E-state index is 13.1. The van der Waals surface area contributed by atoms with Gasteiger partial charge in [0.05, 0.1) is 16.3 Å². The zero-order valence-electron chi connectivity index (χ0n) is 18.9. The van der Waals surface area contributed by atoms with Crippen molar-refractivity contribution in [2.45, 2.75) is 39.2 Å². The van der Waals surface area contributed by atoms with E-state index in [9.17, 15) is 9.59 Å². The van der Waals surface area contributed by atoms with E-state index in [0.29, 0.717) is 23.9 Å². The molecule has 34 heavy (non-hydrogen) atoms. The number of hydrogen-bond donors (Lipinski definition) is 2. The maximum absolute atomic E-state index is 13.1. The summed E-state index contributed by atoms with van der Waals surface area (Å²) >= 11 is 1.67. The van der Waals surface area contributed by atoms with Crippen LogP contribution in [0.5, 0.6) is 0 Å². The molecule has 0 aliphatic heterocycles. The average Bonchev–Trinajstić information content (AvgIpc) is 3.31. The summed E-state index contributed by atoms with van der Waals surface area (Å²) in [6, 6.07) is 7.50. The number of carboxylic acids is 1. The van der Waals surface area contributed by atoms with E-state index in [1.807, 2.05) is 24.3 Å². The Morgan fingerprint density at radius 2 is 2.09 bits per heavy atom. The highest BCUT2D eigenvalue weighted by Gasteiger charge is 2.12. The Kier molecular flexibility index (Phi) is 7.12. The Labute approximate surface area is 200 Å². The van der Waals surface area contributed by atoms with E-state index in [2.05, 4.69) is 34.5 Å². The SMILES string of the molecule is CC(C)c1csc(CCc2ccn3c(=O)c(/C=C/C(=O)O)c(NCc4cccnc4)nc3c2)n1. The summed E-state index contributed by atoms with van der Waals surface area (Å²) in [4.78, 5) is 37.6. The molecule has 2 N–H and O–H groups in total. The first-order valence-corrected chi connectivity index (χ1v) is 11.8. The summed E-state index contributed by atoms with van der Waals surface area (Å²) < 4.78 is 1.43. The van der Waals surface area contributed by atoms with Gasteiger partial charge in [0.1, 0.15) is 11.5 Å². The van der Waals surface area contributed by atoms with Crippen LogP contribution in [-0.2, 0) is 24.2 Å². The molecular weight excluding hydrogens is 450 g/mol. The second kappa shape index (κ2) is 10.4. The maximum Gasteiger partial charge on any atom is 0.328 e. The van der Waals surface area contributed by atoms with Crippen molar-refractivity contribution in [1.82, 2.24) is 19.4 Å². The summed E-state index contributed by atoms with van der Waals surface area (Å²) in [5.41, 5.74) is 3.39. The van der Waals surface area contributed by atoms with Gasteiger partial charge >= 0.3 is 5.97 Å². The summed E-state index contributed by atoms with van der Waals surface area (Å²) in [5.74, 6) is -0.408. The van der Waals surface area contributed by atoms with Crippen LogP contribution in [0.2, 0.25) is 0 Å². The normalized spacial score (nSPS) is 11.5. The first-order valence-electron chi connectivity index (χ1n) is 10.9. The molecule has 4 heterocycles. The number of aryl methyl sites for hydroxylation is 2. The topological polar surface area (TPSA) is 109 Å². The number of aliphatic carboxylic acids is 1. The molecule has 0 radical (unpaired) electrons. The van der Waals surface area contributed by atoms with Crippen LogP contribution in [-0.4, -0.2) is 30.4 Å². The van der Waals surface area contributed by atoms with Gasteiger partial charge in [0.25, 0.3) is 5.56 Å². The van der Waals surface area contributed by atoms with Crippen LogP contribution in [0.15, 0.2) is 59.1 Å². The van der Waals surface area contributed by atoms with E-state index in [4.69, 9.17) is 10.1 Å². The van der Waals surface area contributed by atoms with E-state index < -0.39 is 5.97 Å². The van der Waals surface area contributed by atoms with E-state index >= 15 is 0 Å². The fraction of sp³-hybridized carbons (Fsp3) is 0.240. The lowest BCUT2D eigenvalue weighted by molar-refractivity contribution is -0.131. The average molecular weight is 476 g/mol. The van der Waals surface area contributed by atoms with Gasteiger partial charge in [-0.3, -0.25) is 14.2 Å². The first-order chi connectivity index (χ1) is 16.4. The molecule has 8 nitrogen and oxygen atoms in total. The summed E-state index contributed by atoms with van der Waals surface area (Å²) in [6.45, 7) is 4.66. The second-order valence-electron chi connectivity index (χ2n) is 8.15. The standard InChI is InChI=1S/C25H25N5O3S/c1-16(2)20-15-34-22(28-20)7-5-17-9-11-30-21(12-17)29-24(19(25(30)33)6-8-23(31)32)27-14-18-4-3-10-26-13-18/h3-4,6,8-13,15-16,27H,5,7,14H2,1-2H3,(H,31,32)/b8-6+.